The first kappa shape index (κ1) is 45.7. The first-order chi connectivity index (χ1) is 28.9. The molecule has 2 saturated heterocycles. The summed E-state index contributed by atoms with van der Waals surface area (Å²) in [6, 6.07) is 4.85. The molecule has 0 bridgehead atoms. The highest BCUT2D eigenvalue weighted by Gasteiger charge is 2.42. The maximum absolute atomic E-state index is 15.5. The number of rotatable bonds is 15. The summed E-state index contributed by atoms with van der Waals surface area (Å²) in [7, 11) is -2.39. The van der Waals surface area contributed by atoms with Crippen LogP contribution in [0.25, 0.3) is 10.8 Å². The van der Waals surface area contributed by atoms with E-state index >= 15 is 4.39 Å². The Hall–Kier alpha value is -4.81. The molecule has 17 heteroatoms. The van der Waals surface area contributed by atoms with Crippen molar-refractivity contribution in [3.8, 4) is 29.9 Å². The van der Waals surface area contributed by atoms with Crippen molar-refractivity contribution in [1.82, 2.24) is 25.3 Å². The molecule has 61 heavy (non-hydrogen) atoms. The summed E-state index contributed by atoms with van der Waals surface area (Å²) in [4.78, 5) is 38.8. The summed E-state index contributed by atoms with van der Waals surface area (Å²) in [6.07, 6.45) is 8.21. The topological polar surface area (TPSA) is 154 Å². The molecule has 1 aromatic heterocycles. The van der Waals surface area contributed by atoms with Gasteiger partial charge in [0.1, 0.15) is 30.4 Å². The van der Waals surface area contributed by atoms with Gasteiger partial charge in [-0.2, -0.15) is 15.1 Å². The second-order valence-electron chi connectivity index (χ2n) is 16.9. The van der Waals surface area contributed by atoms with E-state index in [9.17, 15) is 18.5 Å². The van der Waals surface area contributed by atoms with Gasteiger partial charge in [0, 0.05) is 49.8 Å². The van der Waals surface area contributed by atoms with Gasteiger partial charge in [-0.1, -0.05) is 18.6 Å². The predicted molar refractivity (Wildman–Crippen MR) is 228 cm³/mol. The largest absolute Gasteiger partial charge is 0.487 e. The number of esters is 1. The molecule has 0 spiro atoms. The van der Waals surface area contributed by atoms with Crippen molar-refractivity contribution < 1.29 is 46.2 Å². The van der Waals surface area contributed by atoms with E-state index < -0.39 is 55.4 Å². The molecule has 6 atom stereocenters. The van der Waals surface area contributed by atoms with E-state index in [0.29, 0.717) is 46.7 Å². The smallest absolute Gasteiger partial charge is 0.459 e. The molecular formula is C44H57F2N6O8P. The number of benzene rings is 2. The predicted octanol–water partition coefficient (Wildman–Crippen LogP) is 6.78. The van der Waals surface area contributed by atoms with Crippen molar-refractivity contribution in [2.75, 3.05) is 44.8 Å². The highest BCUT2D eigenvalue weighted by molar-refractivity contribution is 7.52. The van der Waals surface area contributed by atoms with Crippen LogP contribution < -0.4 is 29.3 Å². The fourth-order valence-electron chi connectivity index (χ4n) is 8.10. The van der Waals surface area contributed by atoms with Gasteiger partial charge in [-0.15, -0.1) is 6.42 Å². The Morgan fingerprint density at radius 1 is 1.16 bits per heavy atom. The minimum atomic E-state index is -4.25. The number of alkyl halides is 1. The number of carbonyl (C=O) groups excluding carboxylic acids is 2. The molecule has 2 N–H and O–H groups in total. The zero-order valence-electron chi connectivity index (χ0n) is 36.0. The number of ether oxygens (including phenoxy) is 3. The van der Waals surface area contributed by atoms with Gasteiger partial charge in [0.05, 0.1) is 35.6 Å². The van der Waals surface area contributed by atoms with E-state index in [1.807, 2.05) is 18.9 Å². The molecule has 6 rings (SSSR count). The SMILES string of the molecule is C#Cc1c(F)ccc2cc(OP(=O)(N[C@@H](C)C(=O)OC(C)C)OC(C)C)cc([C@H]3COc4c(nc(OC[C@]5(C)C[C@@H](F)CN5C)nc4N4CCCCC(NC(=O)C=C)C4)C3)c12. The number of anilines is 1. The van der Waals surface area contributed by atoms with Gasteiger partial charge in [-0.3, -0.25) is 19.0 Å². The van der Waals surface area contributed by atoms with Gasteiger partial charge in [-0.05, 0) is 103 Å². The summed E-state index contributed by atoms with van der Waals surface area (Å²) < 4.78 is 74.5. The van der Waals surface area contributed by atoms with Crippen LogP contribution in [0.5, 0.6) is 17.5 Å². The van der Waals surface area contributed by atoms with Gasteiger partial charge in [-0.25, -0.2) is 13.3 Å². The summed E-state index contributed by atoms with van der Waals surface area (Å²) in [5.41, 5.74) is 0.467. The number of carbonyl (C=O) groups is 2. The van der Waals surface area contributed by atoms with E-state index in [0.717, 1.165) is 19.3 Å². The van der Waals surface area contributed by atoms with Crippen molar-refractivity contribution in [3.05, 3.63) is 59.6 Å². The van der Waals surface area contributed by atoms with Gasteiger partial charge in [0.2, 0.25) is 5.91 Å². The van der Waals surface area contributed by atoms with Crippen LogP contribution in [0.2, 0.25) is 0 Å². The number of likely N-dealkylation sites (tertiary alicyclic amines) is 1. The highest BCUT2D eigenvalue weighted by Crippen LogP contribution is 2.49. The Kier molecular flexibility index (Phi) is 14.3. The van der Waals surface area contributed by atoms with Crippen LogP contribution >= 0.6 is 7.75 Å². The molecule has 2 unspecified atom stereocenters. The fourth-order valence-corrected chi connectivity index (χ4v) is 9.77. The Balaban J connectivity index is 1.41. The van der Waals surface area contributed by atoms with Gasteiger partial charge in [0.25, 0.3) is 0 Å². The van der Waals surface area contributed by atoms with E-state index in [2.05, 4.69) is 27.8 Å². The summed E-state index contributed by atoms with van der Waals surface area (Å²) >= 11 is 0. The standard InChI is InChI=1S/C44H57F2N6O8P/c1-10-34-36(46)16-15-29-18-33(60-61(55,59-27(5)6)50-28(7)42(54)58-26(3)4)20-35(39(29)34)30-19-37-40(56-24-30)41(52-17-13-12-14-32(23-52)47-38(53)11-2)49-43(48-37)57-25-44(8)21-31(45)22-51(44)9/h1,11,15-16,18,20,26-28,30-32H,2,12-14,17,19,21-25H2,3-9H3,(H,47,53)(H,50,55)/t28-,30+,31+,32?,44-,61?/m0/s1. The monoisotopic (exact) mass is 866 g/mol. The molecule has 3 aliphatic rings. The van der Waals surface area contributed by atoms with Crippen molar-refractivity contribution >= 4 is 36.2 Å². The third-order valence-electron chi connectivity index (χ3n) is 11.1. The van der Waals surface area contributed by atoms with Crippen LogP contribution in [0.15, 0.2) is 36.9 Å². The average Bonchev–Trinajstić information content (AvgIpc) is 3.30. The number of nitrogens with zero attached hydrogens (tertiary/aromatic N) is 4. The lowest BCUT2D eigenvalue weighted by molar-refractivity contribution is -0.149. The normalized spacial score (nSPS) is 23.3. The van der Waals surface area contributed by atoms with Gasteiger partial charge in [0.15, 0.2) is 11.6 Å². The van der Waals surface area contributed by atoms with Crippen LogP contribution in [0.3, 0.4) is 0 Å². The number of fused-ring (bicyclic) bond motifs is 2. The zero-order chi connectivity index (χ0) is 44.2. The maximum atomic E-state index is 15.5. The number of halogens is 2. The van der Waals surface area contributed by atoms with Crippen LogP contribution in [-0.4, -0.2) is 103 Å². The van der Waals surface area contributed by atoms with Crippen LogP contribution in [-0.2, 0) is 29.8 Å². The van der Waals surface area contributed by atoms with Crippen molar-refractivity contribution in [2.24, 2.45) is 0 Å². The number of terminal acetylenes is 1. The Labute approximate surface area is 356 Å². The Morgan fingerprint density at radius 3 is 2.61 bits per heavy atom. The molecule has 3 aliphatic heterocycles. The summed E-state index contributed by atoms with van der Waals surface area (Å²) in [5.74, 6) is 1.52. The lowest BCUT2D eigenvalue weighted by Gasteiger charge is -2.33. The van der Waals surface area contributed by atoms with Gasteiger partial charge < -0.3 is 29.0 Å². The van der Waals surface area contributed by atoms with E-state index in [4.69, 9.17) is 39.6 Å². The minimum absolute atomic E-state index is 0.0271. The molecule has 330 valence electrons. The second-order valence-corrected chi connectivity index (χ2v) is 18.5. The molecule has 4 heterocycles. The van der Waals surface area contributed by atoms with E-state index in [1.54, 1.807) is 45.9 Å². The molecule has 3 aromatic rings. The second kappa shape index (κ2) is 19.1. The van der Waals surface area contributed by atoms with Crippen molar-refractivity contribution in [1.29, 1.82) is 0 Å². The quantitative estimate of drug-likeness (QED) is 0.0715. The molecule has 0 saturated carbocycles. The van der Waals surface area contributed by atoms with E-state index in [1.165, 1.54) is 19.1 Å². The third kappa shape index (κ3) is 10.8. The Morgan fingerprint density at radius 2 is 1.93 bits per heavy atom. The first-order valence-electron chi connectivity index (χ1n) is 20.8. The molecule has 1 amide bonds. The number of nitrogens with one attached hydrogen (secondary N) is 2. The zero-order valence-corrected chi connectivity index (χ0v) is 36.9. The highest BCUT2D eigenvalue weighted by atomic mass is 31.2. The van der Waals surface area contributed by atoms with Crippen LogP contribution in [0.1, 0.15) is 90.0 Å². The molecule has 2 fully saturated rings. The molecule has 2 aromatic carbocycles. The van der Waals surface area contributed by atoms with Crippen LogP contribution in [0.4, 0.5) is 14.6 Å². The third-order valence-corrected chi connectivity index (χ3v) is 13.0. The molecular weight excluding hydrogens is 809 g/mol. The van der Waals surface area contributed by atoms with Crippen molar-refractivity contribution in [3.63, 3.8) is 0 Å². The summed E-state index contributed by atoms with van der Waals surface area (Å²) in [6.45, 7) is 15.4. The minimum Gasteiger partial charge on any atom is -0.487 e. The maximum Gasteiger partial charge on any atom is 0.459 e. The molecule has 14 nitrogen and oxygen atoms in total. The number of amides is 1. The summed E-state index contributed by atoms with van der Waals surface area (Å²) in [5, 5.41) is 6.67. The Bertz CT molecular complexity index is 2220. The average molecular weight is 867 g/mol. The number of hydrogen-bond acceptors (Lipinski definition) is 12. The van der Waals surface area contributed by atoms with Gasteiger partial charge >= 0.3 is 19.7 Å². The molecule has 0 aliphatic carbocycles. The van der Waals surface area contributed by atoms with E-state index in [-0.39, 0.29) is 61.9 Å². The number of hydrogen-bond donors (Lipinski definition) is 2. The lowest BCUT2D eigenvalue weighted by atomic mass is 9.87. The number of likely N-dealkylation sites (N-methyl/N-ethyl adjacent to an activating group) is 1. The van der Waals surface area contributed by atoms with Crippen molar-refractivity contribution in [2.45, 2.75) is 116 Å². The first-order valence-corrected chi connectivity index (χ1v) is 22.3. The molecule has 0 radical (unpaired) electrons. The number of aromatic nitrogens is 2. The lowest BCUT2D eigenvalue weighted by Crippen LogP contribution is -2.44. The van der Waals surface area contributed by atoms with Crippen LogP contribution in [0, 0.1) is 18.2 Å². The fraction of sp³-hybridized carbons (Fsp3) is 0.545.